The molecule has 0 atom stereocenters. The normalized spacial score (nSPS) is 9.62. The molecule has 0 fully saturated rings. The van der Waals surface area contributed by atoms with E-state index < -0.39 is 11.8 Å². The molecule has 1 rings (SSSR count). The Morgan fingerprint density at radius 2 is 1.81 bits per heavy atom. The van der Waals surface area contributed by atoms with Crippen LogP contribution in [0, 0.1) is 5.82 Å². The number of carbonyl (C=O) groups is 2. The van der Waals surface area contributed by atoms with Gasteiger partial charge < -0.3 is 5.32 Å². The van der Waals surface area contributed by atoms with Crippen molar-refractivity contribution < 1.29 is 14.0 Å². The van der Waals surface area contributed by atoms with Crippen molar-refractivity contribution in [3.63, 3.8) is 0 Å². The standard InChI is InChI=1S/C10H12FN3O2/c11-8-3-1-7(2-4-8)5-6-13-9(15)10(16)14-12/h1-4H,5-6,12H2,(H,13,15)(H,14,16). The van der Waals surface area contributed by atoms with Crippen molar-refractivity contribution >= 4 is 11.8 Å². The number of benzene rings is 1. The van der Waals surface area contributed by atoms with Crippen LogP contribution < -0.4 is 16.6 Å². The number of rotatable bonds is 3. The first kappa shape index (κ1) is 12.1. The number of nitrogens with one attached hydrogen (secondary N) is 2. The molecular weight excluding hydrogens is 213 g/mol. The molecule has 86 valence electrons. The van der Waals surface area contributed by atoms with Crippen molar-refractivity contribution in [1.82, 2.24) is 10.7 Å². The highest BCUT2D eigenvalue weighted by atomic mass is 19.1. The van der Waals surface area contributed by atoms with E-state index in [1.165, 1.54) is 12.1 Å². The van der Waals surface area contributed by atoms with Gasteiger partial charge in [-0.3, -0.25) is 15.0 Å². The Morgan fingerprint density at radius 3 is 2.38 bits per heavy atom. The first-order chi connectivity index (χ1) is 7.63. The third-order valence-corrected chi connectivity index (χ3v) is 1.95. The maximum absolute atomic E-state index is 12.6. The monoisotopic (exact) mass is 225 g/mol. The molecule has 16 heavy (non-hydrogen) atoms. The van der Waals surface area contributed by atoms with Gasteiger partial charge in [-0.05, 0) is 24.1 Å². The summed E-state index contributed by atoms with van der Waals surface area (Å²) in [6.45, 7) is 0.290. The van der Waals surface area contributed by atoms with E-state index in [9.17, 15) is 14.0 Å². The summed E-state index contributed by atoms with van der Waals surface area (Å²) in [6.07, 6.45) is 0.518. The van der Waals surface area contributed by atoms with Gasteiger partial charge in [0.25, 0.3) is 0 Å². The summed E-state index contributed by atoms with van der Waals surface area (Å²) in [6, 6.07) is 5.91. The lowest BCUT2D eigenvalue weighted by Crippen LogP contribution is -2.43. The van der Waals surface area contributed by atoms with Crippen LogP contribution in [-0.4, -0.2) is 18.4 Å². The highest BCUT2D eigenvalue weighted by molar-refractivity contribution is 6.34. The number of hydrogen-bond acceptors (Lipinski definition) is 3. The molecule has 0 aliphatic carbocycles. The number of amides is 2. The van der Waals surface area contributed by atoms with Gasteiger partial charge in [0.1, 0.15) is 5.82 Å². The van der Waals surface area contributed by atoms with Crippen LogP contribution in [0.15, 0.2) is 24.3 Å². The topological polar surface area (TPSA) is 84.2 Å². The quantitative estimate of drug-likeness (QED) is 0.280. The van der Waals surface area contributed by atoms with Crippen LogP contribution in [0.2, 0.25) is 0 Å². The Balaban J connectivity index is 2.33. The zero-order chi connectivity index (χ0) is 12.0. The first-order valence-corrected chi connectivity index (χ1v) is 4.66. The van der Waals surface area contributed by atoms with Gasteiger partial charge in [0, 0.05) is 6.54 Å². The molecule has 6 heteroatoms. The predicted octanol–water partition coefficient (Wildman–Crippen LogP) is -0.526. The third kappa shape index (κ3) is 3.66. The summed E-state index contributed by atoms with van der Waals surface area (Å²) in [5.74, 6) is 2.78. The molecule has 0 aromatic heterocycles. The zero-order valence-corrected chi connectivity index (χ0v) is 8.50. The highest BCUT2D eigenvalue weighted by Gasteiger charge is 2.09. The molecule has 0 unspecified atom stereocenters. The minimum atomic E-state index is -0.890. The summed E-state index contributed by atoms with van der Waals surface area (Å²) in [4.78, 5) is 21.7. The largest absolute Gasteiger partial charge is 0.347 e. The fourth-order valence-electron chi connectivity index (χ4n) is 1.12. The molecule has 0 aliphatic rings. The number of hydrazine groups is 1. The van der Waals surface area contributed by atoms with E-state index in [0.717, 1.165) is 5.56 Å². The van der Waals surface area contributed by atoms with Crippen LogP contribution in [0.5, 0.6) is 0 Å². The van der Waals surface area contributed by atoms with Gasteiger partial charge in [-0.2, -0.15) is 0 Å². The van der Waals surface area contributed by atoms with Crippen molar-refractivity contribution in [2.45, 2.75) is 6.42 Å². The smallest absolute Gasteiger partial charge is 0.323 e. The molecule has 0 saturated carbocycles. The van der Waals surface area contributed by atoms with Crippen molar-refractivity contribution in [3.05, 3.63) is 35.6 Å². The molecule has 4 N–H and O–H groups in total. The number of hydrogen-bond donors (Lipinski definition) is 3. The molecule has 0 radical (unpaired) electrons. The molecule has 0 heterocycles. The zero-order valence-electron chi connectivity index (χ0n) is 8.50. The predicted molar refractivity (Wildman–Crippen MR) is 55.4 cm³/mol. The van der Waals surface area contributed by atoms with Crippen molar-refractivity contribution in [2.24, 2.45) is 5.84 Å². The van der Waals surface area contributed by atoms with Crippen LogP contribution in [0.1, 0.15) is 5.56 Å². The molecular formula is C10H12FN3O2. The number of halogens is 1. The summed E-state index contributed by atoms with van der Waals surface area (Å²) in [5, 5.41) is 2.37. The first-order valence-electron chi connectivity index (χ1n) is 4.66. The summed E-state index contributed by atoms with van der Waals surface area (Å²) in [5.41, 5.74) is 2.59. The molecule has 1 aromatic carbocycles. The maximum Gasteiger partial charge on any atom is 0.323 e. The minimum absolute atomic E-state index is 0.290. The second kappa shape index (κ2) is 5.82. The van der Waals surface area contributed by atoms with Crippen LogP contribution in [0.3, 0.4) is 0 Å². The molecule has 0 spiro atoms. The lowest BCUT2D eigenvalue weighted by molar-refractivity contribution is -0.139. The summed E-state index contributed by atoms with van der Waals surface area (Å²) < 4.78 is 12.6. The van der Waals surface area contributed by atoms with Gasteiger partial charge in [-0.15, -0.1) is 0 Å². The number of carbonyl (C=O) groups excluding carboxylic acids is 2. The Labute approximate surface area is 91.8 Å². The fraction of sp³-hybridized carbons (Fsp3) is 0.200. The molecule has 0 bridgehead atoms. The molecule has 5 nitrogen and oxygen atoms in total. The highest BCUT2D eigenvalue weighted by Crippen LogP contribution is 2.02. The average molecular weight is 225 g/mol. The summed E-state index contributed by atoms with van der Waals surface area (Å²) in [7, 11) is 0. The van der Waals surface area contributed by atoms with E-state index >= 15 is 0 Å². The fourth-order valence-corrected chi connectivity index (χ4v) is 1.12. The van der Waals surface area contributed by atoms with E-state index in [2.05, 4.69) is 5.32 Å². The summed E-state index contributed by atoms with van der Waals surface area (Å²) >= 11 is 0. The molecule has 0 saturated heterocycles. The van der Waals surface area contributed by atoms with E-state index in [-0.39, 0.29) is 12.4 Å². The molecule has 0 aliphatic heterocycles. The van der Waals surface area contributed by atoms with Crippen LogP contribution in [0.4, 0.5) is 4.39 Å². The average Bonchev–Trinajstić information content (AvgIpc) is 2.30. The molecule has 1 aromatic rings. The van der Waals surface area contributed by atoms with Gasteiger partial charge in [-0.25, -0.2) is 10.2 Å². The Bertz CT molecular complexity index is 378. The van der Waals surface area contributed by atoms with E-state index in [4.69, 9.17) is 5.84 Å². The van der Waals surface area contributed by atoms with Gasteiger partial charge in [0.2, 0.25) is 0 Å². The third-order valence-electron chi connectivity index (χ3n) is 1.95. The maximum atomic E-state index is 12.6. The van der Waals surface area contributed by atoms with Gasteiger partial charge >= 0.3 is 11.8 Å². The van der Waals surface area contributed by atoms with E-state index in [0.29, 0.717) is 6.42 Å². The van der Waals surface area contributed by atoms with Crippen LogP contribution in [-0.2, 0) is 16.0 Å². The van der Waals surface area contributed by atoms with Gasteiger partial charge in [0.15, 0.2) is 0 Å². The van der Waals surface area contributed by atoms with Gasteiger partial charge in [0.05, 0.1) is 0 Å². The Hall–Kier alpha value is -1.95. The van der Waals surface area contributed by atoms with Crippen molar-refractivity contribution in [3.8, 4) is 0 Å². The van der Waals surface area contributed by atoms with E-state index in [1.54, 1.807) is 17.6 Å². The minimum Gasteiger partial charge on any atom is -0.347 e. The van der Waals surface area contributed by atoms with Crippen molar-refractivity contribution in [2.75, 3.05) is 6.54 Å². The lowest BCUT2D eigenvalue weighted by atomic mass is 10.1. The Kier molecular flexibility index (Phi) is 4.41. The van der Waals surface area contributed by atoms with E-state index in [1.807, 2.05) is 0 Å². The van der Waals surface area contributed by atoms with Crippen LogP contribution >= 0.6 is 0 Å². The second-order valence-corrected chi connectivity index (χ2v) is 3.11. The lowest BCUT2D eigenvalue weighted by Gasteiger charge is -2.03. The second-order valence-electron chi connectivity index (χ2n) is 3.11. The molecule has 2 amide bonds. The van der Waals surface area contributed by atoms with Gasteiger partial charge in [-0.1, -0.05) is 12.1 Å². The number of nitrogens with two attached hydrogens (primary N) is 1. The Morgan fingerprint density at radius 1 is 1.19 bits per heavy atom. The van der Waals surface area contributed by atoms with Crippen molar-refractivity contribution in [1.29, 1.82) is 0 Å². The van der Waals surface area contributed by atoms with Crippen LogP contribution in [0.25, 0.3) is 0 Å². The SMILES string of the molecule is NNC(=O)C(=O)NCCc1ccc(F)cc1.